The third kappa shape index (κ3) is 5.19. The summed E-state index contributed by atoms with van der Waals surface area (Å²) < 4.78 is 19.7. The lowest BCUT2D eigenvalue weighted by Gasteiger charge is -2.22. The van der Waals surface area contributed by atoms with Crippen molar-refractivity contribution in [3.8, 4) is 5.75 Å². The number of amides is 1. The Morgan fingerprint density at radius 3 is 2.50 bits per heavy atom. The predicted molar refractivity (Wildman–Crippen MR) is 115 cm³/mol. The Morgan fingerprint density at radius 2 is 1.86 bits per heavy atom. The van der Waals surface area contributed by atoms with Crippen LogP contribution in [0.5, 0.6) is 5.75 Å². The highest BCUT2D eigenvalue weighted by Crippen LogP contribution is 2.32. The Balaban J connectivity index is 0.00000280. The van der Waals surface area contributed by atoms with Crippen LogP contribution in [0.3, 0.4) is 0 Å². The molecule has 0 atom stereocenters. The lowest BCUT2D eigenvalue weighted by Crippen LogP contribution is -2.36. The zero-order chi connectivity index (χ0) is 19.4. The summed E-state index contributed by atoms with van der Waals surface area (Å²) in [4.78, 5) is 21.3. The fraction of sp³-hybridized carbons (Fsp3) is 0.300. The maximum Gasteiger partial charge on any atom is 0.260 e. The third-order valence-electron chi connectivity index (χ3n) is 4.00. The van der Waals surface area contributed by atoms with Gasteiger partial charge in [0.1, 0.15) is 11.6 Å². The number of ether oxygens (including phenoxy) is 1. The average molecular weight is 424 g/mol. The molecule has 3 aromatic rings. The van der Waals surface area contributed by atoms with Gasteiger partial charge in [0.25, 0.3) is 5.91 Å². The van der Waals surface area contributed by atoms with E-state index in [9.17, 15) is 9.18 Å². The molecule has 5 nitrogen and oxygen atoms in total. The first-order chi connectivity index (χ1) is 13.0. The van der Waals surface area contributed by atoms with Gasteiger partial charge in [0, 0.05) is 18.7 Å². The number of rotatable bonds is 7. The number of benzene rings is 2. The van der Waals surface area contributed by atoms with Crippen LogP contribution >= 0.6 is 23.7 Å². The van der Waals surface area contributed by atoms with Crippen molar-refractivity contribution in [3.05, 3.63) is 53.8 Å². The summed E-state index contributed by atoms with van der Waals surface area (Å²) in [5.74, 6) is 0.223. The fourth-order valence-electron chi connectivity index (χ4n) is 2.60. The lowest BCUT2D eigenvalue weighted by atomic mass is 10.2. The number of hydrogen-bond acceptors (Lipinski definition) is 5. The molecule has 8 heteroatoms. The summed E-state index contributed by atoms with van der Waals surface area (Å²) >= 11 is 1.44. The number of likely N-dealkylation sites (N-methyl/N-ethyl adjacent to an activating group) is 1. The molecule has 0 aliphatic carbocycles. The number of thiazole rings is 1. The maximum absolute atomic E-state index is 13.2. The fourth-order valence-corrected chi connectivity index (χ4v) is 3.62. The molecule has 1 amide bonds. The molecular weight excluding hydrogens is 401 g/mol. The Labute approximate surface area is 174 Å². The van der Waals surface area contributed by atoms with Crippen LogP contribution in [0.1, 0.15) is 17.3 Å². The molecule has 28 heavy (non-hydrogen) atoms. The molecule has 0 fully saturated rings. The van der Waals surface area contributed by atoms with Gasteiger partial charge in [-0.1, -0.05) is 11.3 Å². The first-order valence-corrected chi connectivity index (χ1v) is 9.55. The number of anilines is 1. The molecule has 1 heterocycles. The molecule has 0 unspecified atom stereocenters. The molecule has 0 aliphatic heterocycles. The highest BCUT2D eigenvalue weighted by atomic mass is 35.5. The van der Waals surface area contributed by atoms with Crippen LogP contribution in [0.25, 0.3) is 10.2 Å². The molecule has 0 spiro atoms. The normalized spacial score (nSPS) is 10.8. The van der Waals surface area contributed by atoms with Crippen molar-refractivity contribution in [2.75, 3.05) is 38.7 Å². The molecular formula is C20H23ClFN3O2S. The van der Waals surface area contributed by atoms with Gasteiger partial charge in [-0.25, -0.2) is 9.37 Å². The summed E-state index contributed by atoms with van der Waals surface area (Å²) in [6, 6.07) is 11.3. The smallest absolute Gasteiger partial charge is 0.260 e. The van der Waals surface area contributed by atoms with Crippen molar-refractivity contribution in [2.24, 2.45) is 0 Å². The summed E-state index contributed by atoms with van der Waals surface area (Å²) in [7, 11) is 3.90. The molecule has 2 aromatic carbocycles. The van der Waals surface area contributed by atoms with E-state index in [0.29, 0.717) is 30.4 Å². The molecule has 150 valence electrons. The average Bonchev–Trinajstić information content (AvgIpc) is 3.05. The Hall–Kier alpha value is -2.22. The van der Waals surface area contributed by atoms with Gasteiger partial charge in [0.15, 0.2) is 5.13 Å². The van der Waals surface area contributed by atoms with E-state index in [1.54, 1.807) is 4.90 Å². The number of halogens is 2. The molecule has 0 aliphatic rings. The highest BCUT2D eigenvalue weighted by molar-refractivity contribution is 7.22. The minimum atomic E-state index is -0.366. The van der Waals surface area contributed by atoms with Gasteiger partial charge in [0.2, 0.25) is 0 Å². The predicted octanol–water partition coefficient (Wildman–Crippen LogP) is 4.46. The second kappa shape index (κ2) is 9.82. The van der Waals surface area contributed by atoms with Crippen LogP contribution in [0.2, 0.25) is 0 Å². The summed E-state index contributed by atoms with van der Waals surface area (Å²) in [6.45, 7) is 3.70. The number of carbonyl (C=O) groups is 1. The Kier molecular flexibility index (Phi) is 7.74. The first kappa shape index (κ1) is 22.1. The monoisotopic (exact) mass is 423 g/mol. The lowest BCUT2D eigenvalue weighted by molar-refractivity contribution is 0.0985. The minimum Gasteiger partial charge on any atom is -0.494 e. The number of carbonyl (C=O) groups excluding carboxylic acids is 1. The van der Waals surface area contributed by atoms with Crippen molar-refractivity contribution >= 4 is 45.0 Å². The third-order valence-corrected chi connectivity index (χ3v) is 5.04. The molecule has 1 aromatic heterocycles. The van der Waals surface area contributed by atoms with E-state index in [4.69, 9.17) is 4.74 Å². The zero-order valence-electron chi connectivity index (χ0n) is 16.0. The van der Waals surface area contributed by atoms with Gasteiger partial charge in [0.05, 0.1) is 16.8 Å². The maximum atomic E-state index is 13.2. The van der Waals surface area contributed by atoms with Crippen molar-refractivity contribution in [1.29, 1.82) is 0 Å². The first-order valence-electron chi connectivity index (χ1n) is 8.73. The van der Waals surface area contributed by atoms with Gasteiger partial charge in [-0.15, -0.1) is 12.4 Å². The van der Waals surface area contributed by atoms with Gasteiger partial charge in [-0.05, 0) is 63.5 Å². The van der Waals surface area contributed by atoms with Crippen molar-refractivity contribution in [2.45, 2.75) is 6.92 Å². The second-order valence-corrected chi connectivity index (χ2v) is 7.34. The Morgan fingerprint density at radius 1 is 1.14 bits per heavy atom. The van der Waals surface area contributed by atoms with Gasteiger partial charge in [-0.2, -0.15) is 0 Å². The molecule has 0 N–H and O–H groups in total. The number of aromatic nitrogens is 1. The van der Waals surface area contributed by atoms with Crippen molar-refractivity contribution in [3.63, 3.8) is 0 Å². The van der Waals surface area contributed by atoms with Crippen molar-refractivity contribution in [1.82, 2.24) is 9.88 Å². The van der Waals surface area contributed by atoms with E-state index in [2.05, 4.69) is 4.98 Å². The second-order valence-electron chi connectivity index (χ2n) is 6.33. The minimum absolute atomic E-state index is 0. The van der Waals surface area contributed by atoms with Crippen LogP contribution in [-0.2, 0) is 0 Å². The Bertz CT molecular complexity index is 931. The van der Waals surface area contributed by atoms with Crippen LogP contribution in [-0.4, -0.2) is 49.6 Å². The summed E-state index contributed by atoms with van der Waals surface area (Å²) in [5, 5.41) is 0.620. The SMILES string of the molecule is CCOc1ccc2nc(N(CCN(C)C)C(=O)c3ccc(F)cc3)sc2c1.Cl. The molecule has 0 saturated heterocycles. The largest absolute Gasteiger partial charge is 0.494 e. The van der Waals surface area contributed by atoms with Gasteiger partial charge in [-0.3, -0.25) is 9.69 Å². The zero-order valence-corrected chi connectivity index (χ0v) is 17.6. The topological polar surface area (TPSA) is 45.7 Å². The number of fused-ring (bicyclic) bond motifs is 1. The van der Waals surface area contributed by atoms with E-state index in [0.717, 1.165) is 16.0 Å². The van der Waals surface area contributed by atoms with E-state index in [1.807, 2.05) is 44.1 Å². The van der Waals surface area contributed by atoms with Crippen LogP contribution < -0.4 is 9.64 Å². The summed E-state index contributed by atoms with van der Waals surface area (Å²) in [6.07, 6.45) is 0. The van der Waals surface area contributed by atoms with Crippen LogP contribution in [0.15, 0.2) is 42.5 Å². The van der Waals surface area contributed by atoms with Crippen LogP contribution in [0, 0.1) is 5.82 Å². The van der Waals surface area contributed by atoms with Gasteiger partial charge >= 0.3 is 0 Å². The van der Waals surface area contributed by atoms with Gasteiger partial charge < -0.3 is 9.64 Å². The summed E-state index contributed by atoms with van der Waals surface area (Å²) in [5.41, 5.74) is 1.25. The number of nitrogens with zero attached hydrogens (tertiary/aromatic N) is 3. The standard InChI is InChI=1S/C20H22FN3O2S.ClH/c1-4-26-16-9-10-17-18(13-16)27-20(22-17)24(12-11-23(2)3)19(25)14-5-7-15(21)8-6-14;/h5-10,13H,4,11-12H2,1-3H3;1H. The molecule has 3 rings (SSSR count). The quantitative estimate of drug-likeness (QED) is 0.562. The molecule has 0 bridgehead atoms. The van der Waals surface area contributed by atoms with Crippen LogP contribution in [0.4, 0.5) is 9.52 Å². The van der Waals surface area contributed by atoms with Crippen molar-refractivity contribution < 1.29 is 13.9 Å². The number of hydrogen-bond donors (Lipinski definition) is 0. The van der Waals surface area contributed by atoms with E-state index in [1.165, 1.54) is 35.6 Å². The van der Waals surface area contributed by atoms with E-state index >= 15 is 0 Å². The molecule has 0 radical (unpaired) electrons. The molecule has 0 saturated carbocycles. The van der Waals surface area contributed by atoms with E-state index < -0.39 is 0 Å². The highest BCUT2D eigenvalue weighted by Gasteiger charge is 2.21. The van der Waals surface area contributed by atoms with E-state index in [-0.39, 0.29) is 24.1 Å².